The van der Waals surface area contributed by atoms with E-state index in [1.807, 2.05) is 0 Å². The fourth-order valence-electron chi connectivity index (χ4n) is 5.90. The van der Waals surface area contributed by atoms with Gasteiger partial charge < -0.3 is 24.6 Å². The van der Waals surface area contributed by atoms with Crippen LogP contribution in [0.3, 0.4) is 0 Å². The van der Waals surface area contributed by atoms with Crippen LogP contribution in [-0.4, -0.2) is 66.3 Å². The molecule has 0 heterocycles. The minimum atomic E-state index is -4.54. The molecule has 0 saturated heterocycles. The maximum atomic E-state index is 12.7. The Kier molecular flexibility index (Phi) is 45.4. The number of phosphoric ester groups is 1. The molecule has 0 aliphatic heterocycles. The van der Waals surface area contributed by atoms with Crippen molar-refractivity contribution in [3.8, 4) is 0 Å². The van der Waals surface area contributed by atoms with E-state index in [1.54, 1.807) is 0 Å². The van der Waals surface area contributed by atoms with Crippen LogP contribution < -0.4 is 0 Å². The summed E-state index contributed by atoms with van der Waals surface area (Å²) in [6, 6.07) is 0. The molecule has 0 spiro atoms. The molecule has 3 atom stereocenters. The lowest BCUT2D eigenvalue weighted by Gasteiger charge is -2.20. The molecule has 0 fully saturated rings. The molecule has 10 heteroatoms. The molecule has 0 aliphatic rings. The largest absolute Gasteiger partial charge is 0.472 e. The topological polar surface area (TPSA) is 132 Å². The zero-order valence-corrected chi connectivity index (χ0v) is 39.7. The summed E-state index contributed by atoms with van der Waals surface area (Å²) in [6.45, 7) is 3.20. The van der Waals surface area contributed by atoms with Crippen LogP contribution in [0, 0.1) is 0 Å². The standard InChI is InChI=1S/C52H87O9P/c1-3-5-7-9-11-13-15-17-19-21-23-25-26-28-30-32-34-36-38-40-42-44-52(55)61-51(49-60-62(56,57)59-47-50(54)46-53)48-58-45-43-41-39-37-35-33-31-29-27-24-22-20-18-16-14-12-10-8-6-4-2/h5-8,11-14,17-20,23-25,27,31,33,50-51,53-54H,3-4,9-10,15-16,21-22,26,28-30,32,34-49H2,1-2H3,(H,56,57)/b7-5-,8-6-,13-11-,14-12-,19-17-,20-18-,25-23-,27-24-,33-31-. The van der Waals surface area contributed by atoms with Gasteiger partial charge in [0, 0.05) is 13.0 Å². The quantitative estimate of drug-likeness (QED) is 0.0237. The smallest absolute Gasteiger partial charge is 0.457 e. The monoisotopic (exact) mass is 887 g/mol. The Morgan fingerprint density at radius 3 is 1.31 bits per heavy atom. The van der Waals surface area contributed by atoms with Gasteiger partial charge in [-0.3, -0.25) is 13.8 Å². The highest BCUT2D eigenvalue weighted by Gasteiger charge is 2.26. The van der Waals surface area contributed by atoms with Crippen LogP contribution in [0.2, 0.25) is 0 Å². The number of allylic oxidation sites excluding steroid dienone is 18. The minimum Gasteiger partial charge on any atom is -0.457 e. The zero-order chi connectivity index (χ0) is 45.3. The van der Waals surface area contributed by atoms with Crippen LogP contribution in [0.15, 0.2) is 109 Å². The number of unbranched alkanes of at least 4 members (excludes halogenated alkanes) is 12. The number of hydrogen-bond donors (Lipinski definition) is 3. The Morgan fingerprint density at radius 2 is 0.871 bits per heavy atom. The minimum absolute atomic E-state index is 0.0212. The molecule has 9 nitrogen and oxygen atoms in total. The molecule has 3 N–H and O–H groups in total. The molecule has 354 valence electrons. The summed E-state index contributed by atoms with van der Waals surface area (Å²) in [4.78, 5) is 22.7. The van der Waals surface area contributed by atoms with E-state index in [2.05, 4.69) is 123 Å². The number of carbonyl (C=O) groups excluding carboxylic acids is 1. The van der Waals surface area contributed by atoms with Crippen molar-refractivity contribution in [2.45, 2.75) is 180 Å². The van der Waals surface area contributed by atoms with Crippen LogP contribution >= 0.6 is 7.82 Å². The van der Waals surface area contributed by atoms with E-state index in [-0.39, 0.29) is 13.0 Å². The second kappa shape index (κ2) is 47.6. The lowest BCUT2D eigenvalue weighted by molar-refractivity contribution is -0.154. The van der Waals surface area contributed by atoms with Gasteiger partial charge in [0.15, 0.2) is 0 Å². The molecule has 0 aromatic rings. The van der Waals surface area contributed by atoms with E-state index in [9.17, 15) is 19.4 Å². The molecule has 0 rings (SSSR count). The molecule has 0 radical (unpaired) electrons. The fourth-order valence-corrected chi connectivity index (χ4v) is 6.69. The molecule has 3 unspecified atom stereocenters. The lowest BCUT2D eigenvalue weighted by Crippen LogP contribution is -2.29. The summed E-state index contributed by atoms with van der Waals surface area (Å²) in [5.74, 6) is -0.405. The molecule has 0 aliphatic carbocycles. The summed E-state index contributed by atoms with van der Waals surface area (Å²) < 4.78 is 33.4. The maximum Gasteiger partial charge on any atom is 0.472 e. The van der Waals surface area contributed by atoms with Crippen LogP contribution in [0.1, 0.15) is 168 Å². The Balaban J connectivity index is 4.22. The predicted molar refractivity (Wildman–Crippen MR) is 260 cm³/mol. The van der Waals surface area contributed by atoms with Gasteiger partial charge in [0.25, 0.3) is 0 Å². The van der Waals surface area contributed by atoms with Crippen LogP contribution in [0.25, 0.3) is 0 Å². The average Bonchev–Trinajstić information content (AvgIpc) is 3.26. The normalized spacial score (nSPS) is 14.9. The summed E-state index contributed by atoms with van der Waals surface area (Å²) in [5, 5.41) is 18.4. The first-order valence-corrected chi connectivity index (χ1v) is 25.4. The number of carbonyl (C=O) groups is 1. The molecule has 0 saturated carbocycles. The van der Waals surface area contributed by atoms with E-state index in [0.717, 1.165) is 116 Å². The summed E-state index contributed by atoms with van der Waals surface area (Å²) in [5.41, 5.74) is 0. The molecule has 0 aromatic heterocycles. The van der Waals surface area contributed by atoms with Crippen molar-refractivity contribution >= 4 is 13.8 Å². The summed E-state index contributed by atoms with van der Waals surface area (Å²) in [6.07, 6.45) is 61.9. The number of phosphoric acid groups is 1. The first-order valence-electron chi connectivity index (χ1n) is 23.9. The molecule has 0 bridgehead atoms. The third kappa shape index (κ3) is 46.6. The Bertz CT molecular complexity index is 1330. The first kappa shape index (κ1) is 59.1. The highest BCUT2D eigenvalue weighted by molar-refractivity contribution is 7.47. The third-order valence-electron chi connectivity index (χ3n) is 9.45. The molecule has 62 heavy (non-hydrogen) atoms. The van der Waals surface area contributed by atoms with Gasteiger partial charge >= 0.3 is 13.8 Å². The molecular formula is C52H87O9P. The Morgan fingerprint density at radius 1 is 0.500 bits per heavy atom. The van der Waals surface area contributed by atoms with Gasteiger partial charge in [0.1, 0.15) is 12.2 Å². The van der Waals surface area contributed by atoms with Gasteiger partial charge in [-0.2, -0.15) is 0 Å². The number of ether oxygens (including phenoxy) is 2. The van der Waals surface area contributed by atoms with Crippen molar-refractivity contribution in [1.29, 1.82) is 0 Å². The highest BCUT2D eigenvalue weighted by Crippen LogP contribution is 2.43. The number of aliphatic hydroxyl groups is 2. The Hall–Kier alpha value is -2.88. The van der Waals surface area contributed by atoms with Crippen molar-refractivity contribution in [1.82, 2.24) is 0 Å². The number of rotatable bonds is 44. The summed E-state index contributed by atoms with van der Waals surface area (Å²) in [7, 11) is -4.54. The van der Waals surface area contributed by atoms with Crippen molar-refractivity contribution < 1.29 is 43.0 Å². The van der Waals surface area contributed by atoms with E-state index in [1.165, 1.54) is 25.7 Å². The van der Waals surface area contributed by atoms with Crippen molar-refractivity contribution in [3.05, 3.63) is 109 Å². The zero-order valence-electron chi connectivity index (χ0n) is 38.8. The number of hydrogen-bond acceptors (Lipinski definition) is 8. The van der Waals surface area contributed by atoms with E-state index in [0.29, 0.717) is 13.0 Å². The van der Waals surface area contributed by atoms with Gasteiger partial charge in [-0.25, -0.2) is 4.57 Å². The van der Waals surface area contributed by atoms with Crippen LogP contribution in [0.5, 0.6) is 0 Å². The fraction of sp³-hybridized carbons (Fsp3) is 0.635. The SMILES string of the molecule is CC/C=C\C/C=C\C/C=C\C/C=C\C/C=C\CCCCCCOCC(COP(=O)(O)OCC(O)CO)OC(=O)CCCCCCCCCC/C=C\C/C=C\C/C=C\C/C=C\CC. The summed E-state index contributed by atoms with van der Waals surface area (Å²) >= 11 is 0. The van der Waals surface area contributed by atoms with E-state index >= 15 is 0 Å². The second-order valence-electron chi connectivity index (χ2n) is 15.4. The lowest BCUT2D eigenvalue weighted by atomic mass is 10.1. The van der Waals surface area contributed by atoms with Crippen molar-refractivity contribution in [3.63, 3.8) is 0 Å². The number of esters is 1. The van der Waals surface area contributed by atoms with Crippen molar-refractivity contribution in [2.75, 3.05) is 33.0 Å². The van der Waals surface area contributed by atoms with Gasteiger partial charge in [0.2, 0.25) is 0 Å². The van der Waals surface area contributed by atoms with E-state index in [4.69, 9.17) is 23.6 Å². The van der Waals surface area contributed by atoms with Gasteiger partial charge in [0.05, 0.1) is 26.4 Å². The molecule has 0 amide bonds. The van der Waals surface area contributed by atoms with E-state index < -0.39 is 45.8 Å². The van der Waals surface area contributed by atoms with Gasteiger partial charge in [-0.15, -0.1) is 0 Å². The molecular weight excluding hydrogens is 800 g/mol. The van der Waals surface area contributed by atoms with Gasteiger partial charge in [-0.1, -0.05) is 175 Å². The van der Waals surface area contributed by atoms with Gasteiger partial charge in [-0.05, 0) is 96.3 Å². The van der Waals surface area contributed by atoms with Crippen LogP contribution in [0.4, 0.5) is 0 Å². The predicted octanol–water partition coefficient (Wildman–Crippen LogP) is 13.8. The molecule has 0 aromatic carbocycles. The Labute approximate surface area is 378 Å². The maximum absolute atomic E-state index is 12.7. The third-order valence-corrected chi connectivity index (χ3v) is 10.4. The van der Waals surface area contributed by atoms with Crippen LogP contribution in [-0.2, 0) is 27.9 Å². The second-order valence-corrected chi connectivity index (χ2v) is 16.8. The van der Waals surface area contributed by atoms with Crippen molar-refractivity contribution in [2.24, 2.45) is 0 Å². The first-order chi connectivity index (χ1) is 30.3. The average molecular weight is 887 g/mol. The highest BCUT2D eigenvalue weighted by atomic mass is 31.2. The number of aliphatic hydroxyl groups excluding tert-OH is 2.